The molecule has 0 saturated carbocycles. The van der Waals surface area contributed by atoms with E-state index < -0.39 is 5.91 Å². The second-order valence-corrected chi connectivity index (χ2v) is 7.94. The van der Waals surface area contributed by atoms with Crippen LogP contribution in [-0.4, -0.2) is 47.0 Å². The topological polar surface area (TPSA) is 83.2 Å². The summed E-state index contributed by atoms with van der Waals surface area (Å²) in [6.07, 6.45) is 0. The summed E-state index contributed by atoms with van der Waals surface area (Å²) in [5.74, 6) is -0.462. The molecule has 1 amide bonds. The number of morpholine rings is 1. The van der Waals surface area contributed by atoms with E-state index in [2.05, 4.69) is 16.6 Å². The first-order chi connectivity index (χ1) is 15.0. The number of amides is 1. The van der Waals surface area contributed by atoms with Gasteiger partial charge >= 0.3 is 0 Å². The van der Waals surface area contributed by atoms with E-state index in [1.165, 1.54) is 4.68 Å². The summed E-state index contributed by atoms with van der Waals surface area (Å²) in [4.78, 5) is 13.0. The third-order valence-electron chi connectivity index (χ3n) is 4.95. The van der Waals surface area contributed by atoms with Crippen LogP contribution in [0.2, 0.25) is 10.0 Å². The van der Waals surface area contributed by atoms with Gasteiger partial charge in [0.2, 0.25) is 0 Å². The number of carbonyl (C=O) groups is 1. The number of ether oxygens (including phenoxy) is 1. The summed E-state index contributed by atoms with van der Waals surface area (Å²) in [7, 11) is 0. The molecule has 3 aromatic rings. The lowest BCUT2D eigenvalue weighted by Gasteiger charge is -2.26. The van der Waals surface area contributed by atoms with Crippen LogP contribution in [0.3, 0.4) is 0 Å². The Balaban J connectivity index is 1.85. The van der Waals surface area contributed by atoms with Crippen LogP contribution in [0.4, 0.5) is 0 Å². The quantitative estimate of drug-likeness (QED) is 0.642. The lowest BCUT2D eigenvalue weighted by atomic mass is 10.0. The minimum Gasteiger partial charge on any atom is -0.379 e. The SMILES string of the molecule is Cc1ccc(-c2c(C#N)c(C(=O)NN3CCOCC3)nn2-c2ccc(Cl)cc2Cl)cc1. The van der Waals surface area contributed by atoms with Crippen molar-refractivity contribution in [1.82, 2.24) is 20.2 Å². The molecule has 2 aromatic carbocycles. The van der Waals surface area contributed by atoms with Crippen molar-refractivity contribution in [3.05, 3.63) is 69.3 Å². The van der Waals surface area contributed by atoms with E-state index in [1.807, 2.05) is 31.2 Å². The van der Waals surface area contributed by atoms with Crippen molar-refractivity contribution in [2.24, 2.45) is 0 Å². The predicted octanol–water partition coefficient (Wildman–Crippen LogP) is 4.00. The van der Waals surface area contributed by atoms with Crippen molar-refractivity contribution >= 4 is 29.1 Å². The second kappa shape index (κ2) is 9.08. The number of hydrogen-bond donors (Lipinski definition) is 1. The molecule has 1 fully saturated rings. The van der Waals surface area contributed by atoms with E-state index in [4.69, 9.17) is 27.9 Å². The third kappa shape index (κ3) is 4.43. The van der Waals surface area contributed by atoms with Crippen LogP contribution in [0.1, 0.15) is 21.6 Å². The molecule has 9 heteroatoms. The number of nitriles is 1. The molecule has 1 aliphatic heterocycles. The van der Waals surface area contributed by atoms with Crippen molar-refractivity contribution in [3.63, 3.8) is 0 Å². The van der Waals surface area contributed by atoms with Gasteiger partial charge < -0.3 is 4.74 Å². The number of benzene rings is 2. The number of halogens is 2. The maximum absolute atomic E-state index is 13.0. The Kier molecular flexibility index (Phi) is 6.25. The third-order valence-corrected chi connectivity index (χ3v) is 5.48. The zero-order chi connectivity index (χ0) is 22.0. The second-order valence-electron chi connectivity index (χ2n) is 7.10. The molecule has 1 aromatic heterocycles. The fraction of sp³-hybridized carbons (Fsp3) is 0.227. The zero-order valence-corrected chi connectivity index (χ0v) is 18.2. The van der Waals surface area contributed by atoms with Crippen molar-refractivity contribution < 1.29 is 9.53 Å². The van der Waals surface area contributed by atoms with Crippen LogP contribution in [0.25, 0.3) is 16.9 Å². The molecule has 1 aliphatic rings. The molecule has 0 radical (unpaired) electrons. The van der Waals surface area contributed by atoms with Crippen LogP contribution >= 0.6 is 23.2 Å². The molecular weight excluding hydrogens is 437 g/mol. The number of nitrogens with one attached hydrogen (secondary N) is 1. The van der Waals surface area contributed by atoms with Crippen LogP contribution < -0.4 is 5.43 Å². The molecule has 0 atom stereocenters. The van der Waals surface area contributed by atoms with Crippen LogP contribution in [0.15, 0.2) is 42.5 Å². The van der Waals surface area contributed by atoms with Gasteiger partial charge in [-0.15, -0.1) is 0 Å². The Morgan fingerprint density at radius 2 is 1.87 bits per heavy atom. The van der Waals surface area contributed by atoms with Crippen molar-refractivity contribution in [2.75, 3.05) is 26.3 Å². The summed E-state index contributed by atoms with van der Waals surface area (Å²) in [5.41, 5.74) is 5.83. The maximum atomic E-state index is 13.0. The van der Waals surface area contributed by atoms with E-state index in [-0.39, 0.29) is 11.3 Å². The van der Waals surface area contributed by atoms with Gasteiger partial charge in [-0.2, -0.15) is 10.4 Å². The van der Waals surface area contributed by atoms with E-state index >= 15 is 0 Å². The first-order valence-electron chi connectivity index (χ1n) is 9.67. The number of aromatic nitrogens is 2. The van der Waals surface area contributed by atoms with Crippen LogP contribution in [0.5, 0.6) is 0 Å². The lowest BCUT2D eigenvalue weighted by molar-refractivity contribution is 0.0124. The molecule has 31 heavy (non-hydrogen) atoms. The largest absolute Gasteiger partial charge is 0.379 e. The predicted molar refractivity (Wildman–Crippen MR) is 118 cm³/mol. The van der Waals surface area contributed by atoms with Crippen LogP contribution in [0, 0.1) is 18.3 Å². The number of nitrogens with zero attached hydrogens (tertiary/aromatic N) is 4. The zero-order valence-electron chi connectivity index (χ0n) is 16.7. The molecular formula is C22H19Cl2N5O2. The molecule has 7 nitrogen and oxygen atoms in total. The van der Waals surface area contributed by atoms with Crippen molar-refractivity contribution in [2.45, 2.75) is 6.92 Å². The summed E-state index contributed by atoms with van der Waals surface area (Å²) in [6.45, 7) is 4.14. The van der Waals surface area contributed by atoms with Gasteiger partial charge in [0.1, 0.15) is 11.6 Å². The standard InChI is InChI=1S/C22H19Cl2N5O2/c1-14-2-4-15(5-3-14)21-17(13-25)20(22(30)27-28-8-10-31-11-9-28)26-29(21)19-7-6-16(23)12-18(19)24/h2-7,12H,8-11H2,1H3,(H,27,30). The molecule has 1 saturated heterocycles. The Hall–Kier alpha value is -2.89. The minimum absolute atomic E-state index is 0.0237. The highest BCUT2D eigenvalue weighted by atomic mass is 35.5. The van der Waals surface area contributed by atoms with Gasteiger partial charge in [-0.3, -0.25) is 10.2 Å². The molecule has 158 valence electrons. The summed E-state index contributed by atoms with van der Waals surface area (Å²) in [6, 6.07) is 14.8. The maximum Gasteiger partial charge on any atom is 0.287 e. The van der Waals surface area contributed by atoms with Gasteiger partial charge in [0, 0.05) is 23.7 Å². The van der Waals surface area contributed by atoms with E-state index in [1.54, 1.807) is 23.2 Å². The van der Waals surface area contributed by atoms with Gasteiger partial charge in [-0.25, -0.2) is 9.69 Å². The Labute approximate surface area is 189 Å². The molecule has 2 heterocycles. The summed E-state index contributed by atoms with van der Waals surface area (Å²) >= 11 is 12.5. The molecule has 1 N–H and O–H groups in total. The first kappa shape index (κ1) is 21.3. The molecule has 0 unspecified atom stereocenters. The highest BCUT2D eigenvalue weighted by Crippen LogP contribution is 2.33. The Morgan fingerprint density at radius 3 is 2.52 bits per heavy atom. The monoisotopic (exact) mass is 455 g/mol. The van der Waals surface area contributed by atoms with Gasteiger partial charge in [-0.05, 0) is 25.1 Å². The number of hydrazine groups is 1. The lowest BCUT2D eigenvalue weighted by Crippen LogP contribution is -2.48. The highest BCUT2D eigenvalue weighted by molar-refractivity contribution is 6.35. The van der Waals surface area contributed by atoms with E-state index in [9.17, 15) is 10.1 Å². The number of rotatable bonds is 4. The fourth-order valence-electron chi connectivity index (χ4n) is 3.36. The van der Waals surface area contributed by atoms with Crippen molar-refractivity contribution in [1.29, 1.82) is 5.26 Å². The van der Waals surface area contributed by atoms with Gasteiger partial charge in [0.25, 0.3) is 5.91 Å². The van der Waals surface area contributed by atoms with Gasteiger partial charge in [0.05, 0.1) is 29.6 Å². The van der Waals surface area contributed by atoms with Gasteiger partial charge in [0.15, 0.2) is 5.69 Å². The first-order valence-corrected chi connectivity index (χ1v) is 10.4. The van der Waals surface area contributed by atoms with E-state index in [0.717, 1.165) is 11.1 Å². The fourth-order valence-corrected chi connectivity index (χ4v) is 3.85. The Morgan fingerprint density at radius 1 is 1.16 bits per heavy atom. The minimum atomic E-state index is -0.462. The number of hydrogen-bond acceptors (Lipinski definition) is 5. The van der Waals surface area contributed by atoms with Crippen LogP contribution in [-0.2, 0) is 4.74 Å². The molecule has 0 spiro atoms. The molecule has 0 aliphatic carbocycles. The summed E-state index contributed by atoms with van der Waals surface area (Å²) < 4.78 is 6.84. The molecule has 4 rings (SSSR count). The number of aryl methyl sites for hydroxylation is 1. The van der Waals surface area contributed by atoms with Gasteiger partial charge in [-0.1, -0.05) is 53.0 Å². The average Bonchev–Trinajstić information content (AvgIpc) is 3.14. The average molecular weight is 456 g/mol. The van der Waals surface area contributed by atoms with E-state index in [0.29, 0.717) is 47.7 Å². The van der Waals surface area contributed by atoms with Crippen molar-refractivity contribution in [3.8, 4) is 23.0 Å². The molecule has 0 bridgehead atoms. The highest BCUT2D eigenvalue weighted by Gasteiger charge is 2.27. The Bertz CT molecular complexity index is 1160. The summed E-state index contributed by atoms with van der Waals surface area (Å²) in [5, 5.41) is 17.1. The number of carbonyl (C=O) groups excluding carboxylic acids is 1. The smallest absolute Gasteiger partial charge is 0.287 e. The normalized spacial score (nSPS) is 14.3.